The van der Waals surface area contributed by atoms with Crippen molar-refractivity contribution in [2.45, 2.75) is 30.2 Å². The average Bonchev–Trinajstić information content (AvgIpc) is 2.75. The van der Waals surface area contributed by atoms with E-state index in [1.165, 1.54) is 0 Å². The van der Waals surface area contributed by atoms with E-state index in [-0.39, 0.29) is 30.0 Å². The van der Waals surface area contributed by atoms with Gasteiger partial charge in [0.05, 0.1) is 26.9 Å². The van der Waals surface area contributed by atoms with E-state index in [0.717, 1.165) is 32.5 Å². The van der Waals surface area contributed by atoms with E-state index in [4.69, 9.17) is 38.6 Å². The Morgan fingerprint density at radius 3 is 1.70 bits per heavy atom. The second kappa shape index (κ2) is 18.7. The molecule has 0 heterocycles. The Bertz CT molecular complexity index is 990. The van der Waals surface area contributed by atoms with Gasteiger partial charge >= 0.3 is 27.5 Å². The van der Waals surface area contributed by atoms with Crippen molar-refractivity contribution in [3.05, 3.63) is 42.5 Å². The number of carboxylic acids is 1. The van der Waals surface area contributed by atoms with Gasteiger partial charge in [-0.15, -0.1) is 35.6 Å². The first kappa shape index (κ1) is 39.1. The lowest BCUT2D eigenvalue weighted by molar-refractivity contribution is -0.407. The minimum absolute atomic E-state index is 0. The van der Waals surface area contributed by atoms with Crippen LogP contribution in [-0.4, -0.2) is 86.6 Å². The Kier molecular flexibility index (Phi) is 19.8. The average molecular weight is 619 g/mol. The summed E-state index contributed by atoms with van der Waals surface area (Å²) in [5.41, 5.74) is 1.43. The first-order valence-corrected chi connectivity index (χ1v) is 12.1. The lowest BCUT2D eigenvalue weighted by Gasteiger charge is -2.19. The molecule has 1 atom stereocenters. The first-order valence-electron chi connectivity index (χ1n) is 9.58. The predicted molar refractivity (Wildman–Crippen MR) is 134 cm³/mol. The van der Waals surface area contributed by atoms with E-state index < -0.39 is 58.9 Å². The summed E-state index contributed by atoms with van der Waals surface area (Å²) in [7, 11) is -5.30. The van der Waals surface area contributed by atoms with Crippen molar-refractivity contribution in [3.63, 3.8) is 0 Å². The van der Waals surface area contributed by atoms with Crippen LogP contribution in [0, 0.1) is 30.3 Å². The van der Waals surface area contributed by atoms with Crippen LogP contribution in [0.25, 0.3) is 0 Å². The number of carbonyl (C=O) groups is 1. The third kappa shape index (κ3) is 14.2. The number of rotatable bonds is 14. The molecule has 1 aromatic rings. The van der Waals surface area contributed by atoms with E-state index >= 15 is 0 Å². The molecule has 0 aliphatic carbocycles. The Hall–Kier alpha value is -2.45. The Morgan fingerprint density at radius 1 is 0.973 bits per heavy atom. The second-order valence-corrected chi connectivity index (χ2v) is 8.83. The van der Waals surface area contributed by atoms with Gasteiger partial charge in [-0.25, -0.2) is 0 Å². The lowest BCUT2D eigenvalue weighted by atomic mass is 10.1. The summed E-state index contributed by atoms with van der Waals surface area (Å²) >= 11 is 11.3. The largest absolute Gasteiger partial charge is 0.480 e. The standard InChI is InChI=1S/C10H20Cl2N2O2.C6H3N3O9S.ClH.H2O/c11-4-7-14(8-5-12)6-2-1-3-9(13)10(15)16;10-7(11)3-1-4(8(12)13)6(19(16,17)18)5(2-3)9(14)15;;/h9H,1-8,13H2,(H,15,16);1-2H,(H,16,17,18);1H;1H2/t9-;;;/m0.../s1. The van der Waals surface area contributed by atoms with Crippen molar-refractivity contribution in [2.24, 2.45) is 5.73 Å². The third-order valence-electron chi connectivity index (χ3n) is 4.25. The summed E-state index contributed by atoms with van der Waals surface area (Å²) in [5, 5.41) is 40.3. The first-order chi connectivity index (χ1) is 16.2. The second-order valence-electron chi connectivity index (χ2n) is 6.72. The number of nitro benzene ring substituents is 3. The van der Waals surface area contributed by atoms with Crippen LogP contribution in [0.1, 0.15) is 19.3 Å². The highest BCUT2D eigenvalue weighted by molar-refractivity contribution is 7.86. The number of halogens is 3. The van der Waals surface area contributed by atoms with Crippen LogP contribution in [-0.2, 0) is 14.9 Å². The maximum Gasteiger partial charge on any atom is 0.320 e. The van der Waals surface area contributed by atoms with E-state index in [1.54, 1.807) is 0 Å². The van der Waals surface area contributed by atoms with Crippen LogP contribution in [0.15, 0.2) is 17.0 Å². The smallest absolute Gasteiger partial charge is 0.320 e. The van der Waals surface area contributed by atoms with Gasteiger partial charge in [-0.2, -0.15) is 8.42 Å². The topological polar surface area (TPSA) is 282 Å². The maximum absolute atomic E-state index is 10.9. The highest BCUT2D eigenvalue weighted by atomic mass is 35.5. The number of nitrogens with two attached hydrogens (primary N) is 1. The van der Waals surface area contributed by atoms with Crippen molar-refractivity contribution >= 4 is 68.8 Å². The molecule has 0 unspecified atom stereocenters. The third-order valence-corrected chi connectivity index (χ3v) is 5.53. The number of non-ortho nitro benzene ring substituents is 1. The van der Waals surface area contributed by atoms with Crippen LogP contribution in [0.3, 0.4) is 0 Å². The molecule has 37 heavy (non-hydrogen) atoms. The Balaban J connectivity index is -0.000000602. The zero-order valence-electron chi connectivity index (χ0n) is 18.9. The van der Waals surface area contributed by atoms with Crippen molar-refractivity contribution in [2.75, 3.05) is 31.4 Å². The van der Waals surface area contributed by atoms with Gasteiger partial charge in [0, 0.05) is 24.8 Å². The van der Waals surface area contributed by atoms with E-state index in [1.807, 2.05) is 0 Å². The number of hydrogen-bond donors (Lipinski definition) is 3. The number of alkyl halides is 2. The van der Waals surface area contributed by atoms with Crippen LogP contribution < -0.4 is 5.73 Å². The Morgan fingerprint density at radius 2 is 1.41 bits per heavy atom. The normalized spacial score (nSPS) is 11.3. The van der Waals surface area contributed by atoms with Crippen molar-refractivity contribution in [1.29, 1.82) is 0 Å². The van der Waals surface area contributed by atoms with Gasteiger partial charge in [-0.3, -0.25) is 39.7 Å². The summed E-state index contributed by atoms with van der Waals surface area (Å²) in [6, 6.07) is -0.332. The van der Waals surface area contributed by atoms with Crippen LogP contribution >= 0.6 is 35.6 Å². The molecular formula is C16H26Cl3N5O12S. The van der Waals surface area contributed by atoms with Crippen molar-refractivity contribution in [3.8, 4) is 0 Å². The highest BCUT2D eigenvalue weighted by Crippen LogP contribution is 2.36. The maximum atomic E-state index is 10.9. The van der Waals surface area contributed by atoms with E-state index in [9.17, 15) is 43.6 Å². The lowest BCUT2D eigenvalue weighted by Crippen LogP contribution is -2.31. The Labute approximate surface area is 226 Å². The van der Waals surface area contributed by atoms with Gasteiger partial charge < -0.3 is 21.2 Å². The molecule has 0 bridgehead atoms. The molecule has 21 heteroatoms. The van der Waals surface area contributed by atoms with Crippen molar-refractivity contribution in [1.82, 2.24) is 4.90 Å². The zero-order valence-corrected chi connectivity index (χ0v) is 22.0. The van der Waals surface area contributed by atoms with Crippen molar-refractivity contribution < 1.29 is 43.1 Å². The fourth-order valence-electron chi connectivity index (χ4n) is 2.62. The molecule has 0 spiro atoms. The molecule has 214 valence electrons. The molecule has 1 rings (SSSR count). The number of nitro groups is 3. The monoisotopic (exact) mass is 617 g/mol. The molecule has 0 radical (unpaired) electrons. The van der Waals surface area contributed by atoms with Gasteiger partial charge in [0.15, 0.2) is 0 Å². The summed E-state index contributed by atoms with van der Waals surface area (Å²) < 4.78 is 30.7. The number of unbranched alkanes of at least 4 members (excludes halogenated alkanes) is 1. The number of nitrogens with zero attached hydrogens (tertiary/aromatic N) is 4. The molecular weight excluding hydrogens is 593 g/mol. The van der Waals surface area contributed by atoms with Gasteiger partial charge in [0.1, 0.15) is 6.04 Å². The molecule has 1 aromatic carbocycles. The predicted octanol–water partition coefficient (Wildman–Crippen LogP) is 1.60. The molecule has 0 aromatic heterocycles. The number of aliphatic carboxylic acids is 1. The summed E-state index contributed by atoms with van der Waals surface area (Å²) in [5.74, 6) is 0.246. The SMILES string of the molecule is Cl.N[C@@H](CCCCN(CCCl)CCCl)C(=O)O.O.O=[N+]([O-])c1cc([N+](=O)[O-])c(S(=O)(=O)O)c([N+](=O)[O-])c1. The van der Waals surface area contributed by atoms with E-state index in [2.05, 4.69) is 4.90 Å². The summed E-state index contributed by atoms with van der Waals surface area (Å²) in [6.07, 6.45) is 2.26. The minimum Gasteiger partial charge on any atom is -0.480 e. The summed E-state index contributed by atoms with van der Waals surface area (Å²) in [6.45, 7) is 2.53. The summed E-state index contributed by atoms with van der Waals surface area (Å²) in [4.78, 5) is 38.8. The van der Waals surface area contributed by atoms with Gasteiger partial charge in [0.2, 0.25) is 4.90 Å². The molecule has 0 amide bonds. The molecule has 6 N–H and O–H groups in total. The minimum atomic E-state index is -5.30. The van der Waals surface area contributed by atoms with Crippen LogP contribution in [0.2, 0.25) is 0 Å². The molecule has 17 nitrogen and oxygen atoms in total. The number of benzene rings is 1. The van der Waals surface area contributed by atoms with Crippen LogP contribution in [0.4, 0.5) is 17.1 Å². The zero-order chi connectivity index (χ0) is 27.3. The van der Waals surface area contributed by atoms with Gasteiger partial charge in [-0.1, -0.05) is 6.42 Å². The highest BCUT2D eigenvalue weighted by Gasteiger charge is 2.37. The molecule has 0 aliphatic rings. The van der Waals surface area contributed by atoms with Crippen LogP contribution in [0.5, 0.6) is 0 Å². The molecule has 0 fully saturated rings. The van der Waals surface area contributed by atoms with E-state index in [0.29, 0.717) is 18.2 Å². The number of hydrogen-bond acceptors (Lipinski definition) is 11. The number of carboxylic acid groups (broad SMARTS) is 1. The van der Waals surface area contributed by atoms with Gasteiger partial charge in [-0.05, 0) is 19.4 Å². The molecule has 0 saturated heterocycles. The molecule has 0 saturated carbocycles. The fourth-order valence-corrected chi connectivity index (χ4v) is 3.90. The fraction of sp³-hybridized carbons (Fsp3) is 0.562. The van der Waals surface area contributed by atoms with Gasteiger partial charge in [0.25, 0.3) is 5.69 Å². The quantitative estimate of drug-likeness (QED) is 0.0878. The molecule has 0 aliphatic heterocycles.